The number of rotatable bonds is 8. The van der Waals surface area contributed by atoms with E-state index in [2.05, 4.69) is 4.98 Å². The summed E-state index contributed by atoms with van der Waals surface area (Å²) in [5.41, 5.74) is 4.43. The number of likely N-dealkylation sites (tertiary alicyclic amines) is 1. The summed E-state index contributed by atoms with van der Waals surface area (Å²) in [5, 5.41) is 0. The molecule has 39 heavy (non-hydrogen) atoms. The van der Waals surface area contributed by atoms with E-state index in [0.717, 1.165) is 23.1 Å². The number of carbonyl (C=O) groups excluding carboxylic acids is 1. The Morgan fingerprint density at radius 3 is 2.54 bits per heavy atom. The molecule has 2 aliphatic rings. The van der Waals surface area contributed by atoms with Crippen LogP contribution in [0.4, 0.5) is 0 Å². The SMILES string of the molecule is COC1CN(C(=O)c2cc(C)ccc2C)CC1Oc1cccc(CS(=O)(=O)N2CCC(c3ccncc3)C2)c1. The van der Waals surface area contributed by atoms with Gasteiger partial charge in [0.05, 0.1) is 18.8 Å². The number of amides is 1. The van der Waals surface area contributed by atoms with Gasteiger partial charge in [-0.3, -0.25) is 9.78 Å². The fourth-order valence-corrected chi connectivity index (χ4v) is 7.03. The second-order valence-electron chi connectivity index (χ2n) is 10.5. The summed E-state index contributed by atoms with van der Waals surface area (Å²) in [6.45, 7) is 5.70. The van der Waals surface area contributed by atoms with E-state index in [-0.39, 0.29) is 29.8 Å². The van der Waals surface area contributed by atoms with Crippen LogP contribution >= 0.6 is 0 Å². The van der Waals surface area contributed by atoms with E-state index in [1.807, 2.05) is 50.2 Å². The normalized spacial score (nSPS) is 21.8. The first-order chi connectivity index (χ1) is 18.7. The lowest BCUT2D eigenvalue weighted by Crippen LogP contribution is -2.32. The first kappa shape index (κ1) is 27.3. The Balaban J connectivity index is 1.24. The van der Waals surface area contributed by atoms with Crippen molar-refractivity contribution in [1.82, 2.24) is 14.2 Å². The molecule has 3 unspecified atom stereocenters. The van der Waals surface area contributed by atoms with Gasteiger partial charge in [-0.15, -0.1) is 0 Å². The van der Waals surface area contributed by atoms with Crippen LogP contribution < -0.4 is 4.74 Å². The molecule has 3 heterocycles. The van der Waals surface area contributed by atoms with E-state index in [1.54, 1.807) is 46.9 Å². The standard InChI is InChI=1S/C30H35N3O5S/c1-21-7-8-22(2)27(15-21)30(34)32-18-28(37-3)29(19-32)38-26-6-4-5-23(16-26)20-39(35,36)33-14-11-25(17-33)24-9-12-31-13-10-24/h4-10,12-13,15-16,25,28-29H,11,14,17-20H2,1-3H3. The van der Waals surface area contributed by atoms with Gasteiger partial charge in [0, 0.05) is 38.2 Å². The molecule has 5 rings (SSSR count). The van der Waals surface area contributed by atoms with Gasteiger partial charge in [0.2, 0.25) is 10.0 Å². The van der Waals surface area contributed by atoms with Crippen LogP contribution in [0.15, 0.2) is 67.0 Å². The van der Waals surface area contributed by atoms with E-state index < -0.39 is 10.0 Å². The van der Waals surface area contributed by atoms with Crippen LogP contribution in [0.5, 0.6) is 5.75 Å². The number of hydrogen-bond acceptors (Lipinski definition) is 6. The lowest BCUT2D eigenvalue weighted by atomic mass is 10.0. The topological polar surface area (TPSA) is 89.0 Å². The number of hydrogen-bond donors (Lipinski definition) is 0. The molecule has 8 nitrogen and oxygen atoms in total. The van der Waals surface area contributed by atoms with Crippen LogP contribution in [-0.2, 0) is 20.5 Å². The number of pyridine rings is 1. The maximum absolute atomic E-state index is 13.3. The minimum Gasteiger partial charge on any atom is -0.486 e. The fraction of sp³-hybridized carbons (Fsp3) is 0.400. The minimum atomic E-state index is -3.49. The van der Waals surface area contributed by atoms with Crippen LogP contribution in [0.3, 0.4) is 0 Å². The molecule has 0 bridgehead atoms. The predicted octanol–water partition coefficient (Wildman–Crippen LogP) is 3.94. The average molecular weight is 550 g/mol. The average Bonchev–Trinajstić information content (AvgIpc) is 3.58. The van der Waals surface area contributed by atoms with E-state index in [4.69, 9.17) is 9.47 Å². The molecule has 2 aliphatic heterocycles. The second-order valence-corrected chi connectivity index (χ2v) is 12.5. The molecule has 0 spiro atoms. The highest BCUT2D eigenvalue weighted by atomic mass is 32.2. The molecule has 0 saturated carbocycles. The molecular formula is C30H35N3O5S. The number of aromatic nitrogens is 1. The Morgan fingerprint density at radius 2 is 1.77 bits per heavy atom. The van der Waals surface area contributed by atoms with Crippen molar-refractivity contribution in [3.8, 4) is 5.75 Å². The molecule has 1 amide bonds. The molecule has 0 radical (unpaired) electrons. The van der Waals surface area contributed by atoms with Gasteiger partial charge in [-0.1, -0.05) is 29.8 Å². The molecule has 206 valence electrons. The Labute approximate surface area is 230 Å². The molecule has 2 saturated heterocycles. The monoisotopic (exact) mass is 549 g/mol. The maximum Gasteiger partial charge on any atom is 0.254 e. The van der Waals surface area contributed by atoms with Gasteiger partial charge in [-0.25, -0.2) is 12.7 Å². The van der Waals surface area contributed by atoms with E-state index >= 15 is 0 Å². The Morgan fingerprint density at radius 1 is 1.00 bits per heavy atom. The van der Waals surface area contributed by atoms with Gasteiger partial charge in [-0.2, -0.15) is 0 Å². The van der Waals surface area contributed by atoms with Crippen molar-refractivity contribution < 1.29 is 22.7 Å². The van der Waals surface area contributed by atoms with Crippen molar-refractivity contribution in [3.05, 3.63) is 94.8 Å². The molecule has 3 atom stereocenters. The van der Waals surface area contributed by atoms with Crippen LogP contribution in [0.2, 0.25) is 0 Å². The van der Waals surface area contributed by atoms with Gasteiger partial charge >= 0.3 is 0 Å². The van der Waals surface area contributed by atoms with Crippen LogP contribution in [0.1, 0.15) is 45.0 Å². The number of sulfonamides is 1. The Hall–Kier alpha value is -3.27. The highest BCUT2D eigenvalue weighted by molar-refractivity contribution is 7.88. The summed E-state index contributed by atoms with van der Waals surface area (Å²) in [6.07, 6.45) is 3.63. The highest BCUT2D eigenvalue weighted by Gasteiger charge is 2.38. The number of aryl methyl sites for hydroxylation is 2. The lowest BCUT2D eigenvalue weighted by Gasteiger charge is -2.20. The Bertz CT molecular complexity index is 1430. The molecule has 2 fully saturated rings. The highest BCUT2D eigenvalue weighted by Crippen LogP contribution is 2.30. The van der Waals surface area contributed by atoms with E-state index in [0.29, 0.717) is 43.1 Å². The zero-order valence-corrected chi connectivity index (χ0v) is 23.4. The molecule has 2 aromatic carbocycles. The lowest BCUT2D eigenvalue weighted by molar-refractivity contribution is 0.0339. The first-order valence-corrected chi connectivity index (χ1v) is 14.9. The van der Waals surface area contributed by atoms with Crippen molar-refractivity contribution in [2.75, 3.05) is 33.3 Å². The van der Waals surface area contributed by atoms with Crippen LogP contribution in [0, 0.1) is 13.8 Å². The minimum absolute atomic E-state index is 0.0418. The third kappa shape index (κ3) is 6.16. The molecule has 3 aromatic rings. The van der Waals surface area contributed by atoms with Crippen molar-refractivity contribution in [3.63, 3.8) is 0 Å². The quantitative estimate of drug-likeness (QED) is 0.423. The van der Waals surface area contributed by atoms with Crippen molar-refractivity contribution >= 4 is 15.9 Å². The summed E-state index contributed by atoms with van der Waals surface area (Å²) < 4.78 is 40.0. The van der Waals surface area contributed by atoms with Gasteiger partial charge in [0.25, 0.3) is 5.91 Å². The zero-order valence-electron chi connectivity index (χ0n) is 22.6. The number of nitrogens with zero attached hydrogens (tertiary/aromatic N) is 3. The molecule has 0 N–H and O–H groups in total. The number of benzene rings is 2. The first-order valence-electron chi connectivity index (χ1n) is 13.3. The second kappa shape index (κ2) is 11.5. The largest absolute Gasteiger partial charge is 0.486 e. The van der Waals surface area contributed by atoms with Crippen molar-refractivity contribution in [1.29, 1.82) is 0 Å². The maximum atomic E-state index is 13.3. The van der Waals surface area contributed by atoms with Gasteiger partial charge in [-0.05, 0) is 73.2 Å². The smallest absolute Gasteiger partial charge is 0.254 e. The summed E-state index contributed by atoms with van der Waals surface area (Å²) in [4.78, 5) is 19.1. The number of carbonyl (C=O) groups is 1. The third-order valence-electron chi connectivity index (χ3n) is 7.69. The number of ether oxygens (including phenoxy) is 2. The fourth-order valence-electron chi connectivity index (χ4n) is 5.46. The van der Waals surface area contributed by atoms with Crippen LogP contribution in [-0.4, -0.2) is 74.0 Å². The molecule has 0 aliphatic carbocycles. The summed E-state index contributed by atoms with van der Waals surface area (Å²) in [5.74, 6) is 0.606. The van der Waals surface area contributed by atoms with Gasteiger partial charge in [0.1, 0.15) is 18.0 Å². The Kier molecular flexibility index (Phi) is 8.02. The molecule has 1 aromatic heterocycles. The van der Waals surface area contributed by atoms with E-state index in [1.165, 1.54) is 0 Å². The van der Waals surface area contributed by atoms with E-state index in [9.17, 15) is 13.2 Å². The van der Waals surface area contributed by atoms with Crippen LogP contribution in [0.25, 0.3) is 0 Å². The van der Waals surface area contributed by atoms with Gasteiger partial charge in [0.15, 0.2) is 0 Å². The van der Waals surface area contributed by atoms with Crippen molar-refractivity contribution in [2.45, 2.75) is 44.1 Å². The number of methoxy groups -OCH3 is 1. The summed E-state index contributed by atoms with van der Waals surface area (Å²) >= 11 is 0. The summed E-state index contributed by atoms with van der Waals surface area (Å²) in [7, 11) is -1.87. The summed E-state index contributed by atoms with van der Waals surface area (Å²) in [6, 6.07) is 17.0. The third-order valence-corrected chi connectivity index (χ3v) is 9.50. The van der Waals surface area contributed by atoms with Crippen molar-refractivity contribution in [2.24, 2.45) is 0 Å². The zero-order chi connectivity index (χ0) is 27.6. The molecular weight excluding hydrogens is 514 g/mol. The van der Waals surface area contributed by atoms with Gasteiger partial charge < -0.3 is 14.4 Å². The predicted molar refractivity (Wildman–Crippen MR) is 149 cm³/mol. The molecule has 9 heteroatoms.